The molecule has 0 aromatic heterocycles. The zero-order valence-electron chi connectivity index (χ0n) is 9.90. The fourth-order valence-corrected chi connectivity index (χ4v) is 1.45. The number of carbonyl (C=O) groups excluding carboxylic acids is 1. The molecular formula is C13H16N2O. The van der Waals surface area contributed by atoms with E-state index >= 15 is 0 Å². The van der Waals surface area contributed by atoms with Crippen LogP contribution in [0.25, 0.3) is 0 Å². The van der Waals surface area contributed by atoms with Crippen molar-refractivity contribution in [1.29, 1.82) is 5.26 Å². The third kappa shape index (κ3) is 2.83. The molecule has 0 aliphatic heterocycles. The first-order valence-electron chi connectivity index (χ1n) is 5.27. The van der Waals surface area contributed by atoms with E-state index in [9.17, 15) is 4.79 Å². The van der Waals surface area contributed by atoms with E-state index in [1.54, 1.807) is 18.0 Å². The Morgan fingerprint density at radius 1 is 1.56 bits per heavy atom. The molecule has 3 nitrogen and oxygen atoms in total. The number of benzene rings is 1. The molecule has 1 amide bonds. The second-order valence-electron chi connectivity index (χ2n) is 4.00. The fourth-order valence-electron chi connectivity index (χ4n) is 1.45. The zero-order chi connectivity index (χ0) is 12.1. The van der Waals surface area contributed by atoms with Gasteiger partial charge in [0.2, 0.25) is 0 Å². The fraction of sp³-hybridized carbons (Fsp3) is 0.385. The number of hydrogen-bond acceptors (Lipinski definition) is 2. The highest BCUT2D eigenvalue weighted by Crippen LogP contribution is 2.10. The average molecular weight is 216 g/mol. The first kappa shape index (κ1) is 12.3. The smallest absolute Gasteiger partial charge is 0.253 e. The second kappa shape index (κ2) is 5.32. The van der Waals surface area contributed by atoms with Gasteiger partial charge >= 0.3 is 0 Å². The van der Waals surface area contributed by atoms with Gasteiger partial charge in [-0.15, -0.1) is 0 Å². The van der Waals surface area contributed by atoms with Gasteiger partial charge in [-0.25, -0.2) is 0 Å². The summed E-state index contributed by atoms with van der Waals surface area (Å²) in [5, 5.41) is 8.59. The SMILES string of the molecule is Cc1cccc(C(=O)N(C)C(C)CC#N)c1. The molecule has 0 spiro atoms. The molecule has 0 heterocycles. The minimum Gasteiger partial charge on any atom is -0.338 e. The van der Waals surface area contributed by atoms with Crippen LogP contribution in [0.1, 0.15) is 29.3 Å². The van der Waals surface area contributed by atoms with Gasteiger partial charge in [-0.1, -0.05) is 17.7 Å². The summed E-state index contributed by atoms with van der Waals surface area (Å²) >= 11 is 0. The van der Waals surface area contributed by atoms with Crippen molar-refractivity contribution < 1.29 is 4.79 Å². The summed E-state index contributed by atoms with van der Waals surface area (Å²) < 4.78 is 0. The molecule has 16 heavy (non-hydrogen) atoms. The lowest BCUT2D eigenvalue weighted by atomic mass is 10.1. The Bertz CT molecular complexity index is 420. The summed E-state index contributed by atoms with van der Waals surface area (Å²) in [6.45, 7) is 3.83. The topological polar surface area (TPSA) is 44.1 Å². The van der Waals surface area contributed by atoms with Crippen LogP contribution in [-0.2, 0) is 0 Å². The maximum Gasteiger partial charge on any atom is 0.253 e. The van der Waals surface area contributed by atoms with Crippen molar-refractivity contribution in [2.75, 3.05) is 7.05 Å². The standard InChI is InChI=1S/C13H16N2O/c1-10-5-4-6-12(9-10)13(16)15(3)11(2)7-8-14/h4-6,9,11H,7H2,1-3H3. The molecule has 84 valence electrons. The van der Waals surface area contributed by atoms with Crippen LogP contribution in [0.5, 0.6) is 0 Å². The third-order valence-corrected chi connectivity index (χ3v) is 2.63. The number of nitriles is 1. The summed E-state index contributed by atoms with van der Waals surface area (Å²) in [4.78, 5) is 13.6. The molecule has 0 saturated heterocycles. The van der Waals surface area contributed by atoms with E-state index in [1.807, 2.05) is 32.0 Å². The second-order valence-corrected chi connectivity index (χ2v) is 4.00. The molecule has 0 bridgehead atoms. The summed E-state index contributed by atoms with van der Waals surface area (Å²) in [5.74, 6) is -0.0357. The van der Waals surface area contributed by atoms with Crippen molar-refractivity contribution in [1.82, 2.24) is 4.90 Å². The highest BCUT2D eigenvalue weighted by Gasteiger charge is 2.16. The van der Waals surface area contributed by atoms with Gasteiger partial charge in [0.05, 0.1) is 12.5 Å². The molecule has 0 aliphatic carbocycles. The van der Waals surface area contributed by atoms with E-state index in [0.29, 0.717) is 12.0 Å². The monoisotopic (exact) mass is 216 g/mol. The largest absolute Gasteiger partial charge is 0.338 e. The van der Waals surface area contributed by atoms with E-state index in [2.05, 4.69) is 6.07 Å². The number of nitrogens with zero attached hydrogens (tertiary/aromatic N) is 2. The van der Waals surface area contributed by atoms with Crippen LogP contribution >= 0.6 is 0 Å². The first-order valence-corrected chi connectivity index (χ1v) is 5.27. The van der Waals surface area contributed by atoms with Crippen LogP contribution in [-0.4, -0.2) is 23.9 Å². The zero-order valence-corrected chi connectivity index (χ0v) is 9.90. The molecule has 0 fully saturated rings. The number of rotatable bonds is 3. The molecule has 1 rings (SSSR count). The van der Waals surface area contributed by atoms with Crippen molar-refractivity contribution in [3.05, 3.63) is 35.4 Å². The molecule has 1 aromatic carbocycles. The third-order valence-electron chi connectivity index (χ3n) is 2.63. The Kier molecular flexibility index (Phi) is 4.07. The summed E-state index contributed by atoms with van der Waals surface area (Å²) in [5.41, 5.74) is 1.74. The number of hydrogen-bond donors (Lipinski definition) is 0. The van der Waals surface area contributed by atoms with E-state index in [1.165, 1.54) is 0 Å². The van der Waals surface area contributed by atoms with Gasteiger partial charge in [0, 0.05) is 18.7 Å². The van der Waals surface area contributed by atoms with Gasteiger partial charge in [-0.05, 0) is 26.0 Å². The van der Waals surface area contributed by atoms with Gasteiger partial charge in [-0.2, -0.15) is 5.26 Å². The summed E-state index contributed by atoms with van der Waals surface area (Å²) in [6, 6.07) is 9.49. The minimum atomic E-state index is -0.0574. The Labute approximate surface area is 96.3 Å². The predicted octanol–water partition coefficient (Wildman–Crippen LogP) is 2.37. The first-order chi connectivity index (χ1) is 7.56. The number of amides is 1. The molecule has 0 saturated carbocycles. The molecule has 0 aliphatic rings. The maximum atomic E-state index is 12.0. The van der Waals surface area contributed by atoms with Gasteiger partial charge in [0.1, 0.15) is 0 Å². The van der Waals surface area contributed by atoms with Crippen LogP contribution in [0.3, 0.4) is 0 Å². The van der Waals surface area contributed by atoms with E-state index < -0.39 is 0 Å². The van der Waals surface area contributed by atoms with Crippen molar-refractivity contribution in [3.8, 4) is 6.07 Å². The Morgan fingerprint density at radius 2 is 2.25 bits per heavy atom. The lowest BCUT2D eigenvalue weighted by Gasteiger charge is -2.23. The Balaban J connectivity index is 2.82. The van der Waals surface area contributed by atoms with E-state index in [0.717, 1.165) is 5.56 Å². The van der Waals surface area contributed by atoms with Crippen LogP contribution in [0, 0.1) is 18.3 Å². The van der Waals surface area contributed by atoms with Crippen LogP contribution < -0.4 is 0 Å². The van der Waals surface area contributed by atoms with Crippen molar-refractivity contribution in [2.24, 2.45) is 0 Å². The van der Waals surface area contributed by atoms with Gasteiger partial charge in [0.15, 0.2) is 0 Å². The van der Waals surface area contributed by atoms with E-state index in [4.69, 9.17) is 5.26 Å². The van der Waals surface area contributed by atoms with Crippen LogP contribution in [0.15, 0.2) is 24.3 Å². The average Bonchev–Trinajstić information content (AvgIpc) is 2.27. The predicted molar refractivity (Wildman–Crippen MR) is 63.0 cm³/mol. The Morgan fingerprint density at radius 3 is 2.81 bits per heavy atom. The molecule has 1 unspecified atom stereocenters. The molecule has 1 atom stereocenters. The molecular weight excluding hydrogens is 200 g/mol. The summed E-state index contributed by atoms with van der Waals surface area (Å²) in [7, 11) is 1.73. The number of aryl methyl sites for hydroxylation is 1. The molecule has 0 radical (unpaired) electrons. The van der Waals surface area contributed by atoms with Crippen LogP contribution in [0.4, 0.5) is 0 Å². The molecule has 1 aromatic rings. The van der Waals surface area contributed by atoms with Gasteiger partial charge in [0.25, 0.3) is 5.91 Å². The lowest BCUT2D eigenvalue weighted by molar-refractivity contribution is 0.0746. The highest BCUT2D eigenvalue weighted by molar-refractivity contribution is 5.94. The van der Waals surface area contributed by atoms with Gasteiger partial charge < -0.3 is 4.90 Å². The van der Waals surface area contributed by atoms with Crippen molar-refractivity contribution >= 4 is 5.91 Å². The van der Waals surface area contributed by atoms with Crippen LogP contribution in [0.2, 0.25) is 0 Å². The summed E-state index contributed by atoms with van der Waals surface area (Å²) in [6.07, 6.45) is 0.355. The normalized spacial score (nSPS) is 11.6. The highest BCUT2D eigenvalue weighted by atomic mass is 16.2. The maximum absolute atomic E-state index is 12.0. The molecule has 0 N–H and O–H groups in total. The Hall–Kier alpha value is -1.82. The quantitative estimate of drug-likeness (QED) is 0.778. The molecule has 3 heteroatoms. The van der Waals surface area contributed by atoms with E-state index in [-0.39, 0.29) is 11.9 Å². The number of carbonyl (C=O) groups is 1. The van der Waals surface area contributed by atoms with Crippen molar-refractivity contribution in [3.63, 3.8) is 0 Å². The van der Waals surface area contributed by atoms with Gasteiger partial charge in [-0.3, -0.25) is 4.79 Å². The minimum absolute atomic E-state index is 0.0357. The lowest BCUT2D eigenvalue weighted by Crippen LogP contribution is -2.34. The van der Waals surface area contributed by atoms with Crippen molar-refractivity contribution in [2.45, 2.75) is 26.3 Å².